The Morgan fingerprint density at radius 3 is 2.20 bits per heavy atom. The minimum Gasteiger partial charge on any atom is -0.497 e. The lowest BCUT2D eigenvalue weighted by atomic mass is 10.1. The predicted molar refractivity (Wildman–Crippen MR) is 117 cm³/mol. The second kappa shape index (κ2) is 9.74. The van der Waals surface area contributed by atoms with Gasteiger partial charge in [-0.2, -0.15) is 0 Å². The highest BCUT2D eigenvalue weighted by atomic mass is 16.5. The number of rotatable bonds is 7. The molecule has 0 fully saturated rings. The average Bonchev–Trinajstić information content (AvgIpc) is 2.75. The number of benzene rings is 3. The Hall–Kier alpha value is -3.60. The highest BCUT2D eigenvalue weighted by Crippen LogP contribution is 2.19. The topological polar surface area (TPSA) is 64.6 Å². The highest BCUT2D eigenvalue weighted by molar-refractivity contribution is 6.04. The lowest BCUT2D eigenvalue weighted by molar-refractivity contribution is -0.134. The van der Waals surface area contributed by atoms with Gasteiger partial charge in [-0.3, -0.25) is 9.59 Å². The van der Waals surface area contributed by atoms with Crippen molar-refractivity contribution in [2.75, 3.05) is 12.4 Å². The second-order valence-electron chi connectivity index (χ2n) is 7.12. The molecule has 30 heavy (non-hydrogen) atoms. The minimum absolute atomic E-state index is 0.207. The fourth-order valence-electron chi connectivity index (χ4n) is 2.96. The normalized spacial score (nSPS) is 10.4. The monoisotopic (exact) mass is 403 g/mol. The summed E-state index contributed by atoms with van der Waals surface area (Å²) in [5.74, 6) is 0.667. The van der Waals surface area contributed by atoms with Crippen LogP contribution in [0.25, 0.3) is 0 Å². The van der Waals surface area contributed by atoms with E-state index in [4.69, 9.17) is 9.47 Å². The molecular weight excluding hydrogens is 378 g/mol. The third kappa shape index (κ3) is 5.70. The van der Waals surface area contributed by atoms with E-state index in [0.717, 1.165) is 28.1 Å². The third-order valence-corrected chi connectivity index (χ3v) is 4.77. The zero-order chi connectivity index (χ0) is 21.5. The van der Waals surface area contributed by atoms with Crippen molar-refractivity contribution in [1.82, 2.24) is 0 Å². The van der Waals surface area contributed by atoms with Crippen LogP contribution in [0.4, 0.5) is 5.69 Å². The first kappa shape index (κ1) is 21.1. The van der Waals surface area contributed by atoms with Crippen LogP contribution in [0.3, 0.4) is 0 Å². The van der Waals surface area contributed by atoms with E-state index >= 15 is 0 Å². The number of anilines is 1. The van der Waals surface area contributed by atoms with Crippen molar-refractivity contribution in [2.24, 2.45) is 0 Å². The Morgan fingerprint density at radius 2 is 1.53 bits per heavy atom. The number of nitrogens with one attached hydrogen (secondary N) is 1. The maximum atomic E-state index is 12.5. The summed E-state index contributed by atoms with van der Waals surface area (Å²) in [4.78, 5) is 24.6. The molecule has 5 heteroatoms. The summed E-state index contributed by atoms with van der Waals surface area (Å²) in [5.41, 5.74) is 4.39. The molecule has 0 saturated heterocycles. The molecule has 0 spiro atoms. The van der Waals surface area contributed by atoms with Gasteiger partial charge < -0.3 is 14.8 Å². The molecule has 0 aromatic heterocycles. The lowest BCUT2D eigenvalue weighted by Gasteiger charge is -2.10. The van der Waals surface area contributed by atoms with Crippen LogP contribution in [0, 0.1) is 13.8 Å². The van der Waals surface area contributed by atoms with Crippen LogP contribution in [-0.4, -0.2) is 19.0 Å². The standard InChI is InChI=1S/C25H25NO4/c1-17-4-5-18(2)23(16-17)26-25(28)20-9-13-22(14-10-20)30-24(27)15-8-19-6-11-21(29-3)12-7-19/h4-7,9-14,16H,8,15H2,1-3H3,(H,26,28). The van der Waals surface area contributed by atoms with Gasteiger partial charge in [0.2, 0.25) is 0 Å². The van der Waals surface area contributed by atoms with Crippen LogP contribution in [0.1, 0.15) is 33.5 Å². The Morgan fingerprint density at radius 1 is 0.867 bits per heavy atom. The Balaban J connectivity index is 1.53. The van der Waals surface area contributed by atoms with Gasteiger partial charge in [-0.1, -0.05) is 24.3 Å². The Kier molecular flexibility index (Phi) is 6.86. The number of ether oxygens (including phenoxy) is 2. The number of carbonyl (C=O) groups is 2. The number of esters is 1. The largest absolute Gasteiger partial charge is 0.497 e. The maximum absolute atomic E-state index is 12.5. The molecule has 0 aliphatic rings. The van der Waals surface area contributed by atoms with Gasteiger partial charge in [0.25, 0.3) is 5.91 Å². The van der Waals surface area contributed by atoms with Gasteiger partial charge in [0.15, 0.2) is 0 Å². The van der Waals surface area contributed by atoms with Crippen LogP contribution in [0.2, 0.25) is 0 Å². The first-order valence-corrected chi connectivity index (χ1v) is 9.77. The third-order valence-electron chi connectivity index (χ3n) is 4.77. The van der Waals surface area contributed by atoms with E-state index in [1.165, 1.54) is 0 Å². The van der Waals surface area contributed by atoms with E-state index in [2.05, 4.69) is 5.32 Å². The average molecular weight is 403 g/mol. The molecule has 0 atom stereocenters. The van der Waals surface area contributed by atoms with Crippen LogP contribution < -0.4 is 14.8 Å². The van der Waals surface area contributed by atoms with E-state index in [1.807, 2.05) is 56.3 Å². The Bertz CT molecular complexity index is 1020. The molecule has 154 valence electrons. The molecule has 5 nitrogen and oxygen atoms in total. The smallest absolute Gasteiger partial charge is 0.311 e. The van der Waals surface area contributed by atoms with Gasteiger partial charge in [-0.15, -0.1) is 0 Å². The summed E-state index contributed by atoms with van der Waals surface area (Å²) in [7, 11) is 1.62. The fourth-order valence-corrected chi connectivity index (χ4v) is 2.96. The molecule has 3 aromatic rings. The van der Waals surface area contributed by atoms with Crippen LogP contribution >= 0.6 is 0 Å². The first-order valence-electron chi connectivity index (χ1n) is 9.77. The molecule has 0 bridgehead atoms. The SMILES string of the molecule is COc1ccc(CCC(=O)Oc2ccc(C(=O)Nc3cc(C)ccc3C)cc2)cc1. The van der Waals surface area contributed by atoms with Gasteiger partial charge in [-0.05, 0) is 79.4 Å². The van der Waals surface area contributed by atoms with E-state index in [1.54, 1.807) is 31.4 Å². The van der Waals surface area contributed by atoms with Crippen molar-refractivity contribution in [1.29, 1.82) is 0 Å². The zero-order valence-corrected chi connectivity index (χ0v) is 17.4. The van der Waals surface area contributed by atoms with Crippen molar-refractivity contribution < 1.29 is 19.1 Å². The lowest BCUT2D eigenvalue weighted by Crippen LogP contribution is -2.13. The van der Waals surface area contributed by atoms with Gasteiger partial charge >= 0.3 is 5.97 Å². The van der Waals surface area contributed by atoms with Crippen molar-refractivity contribution in [3.8, 4) is 11.5 Å². The fraction of sp³-hybridized carbons (Fsp3) is 0.200. The van der Waals surface area contributed by atoms with E-state index < -0.39 is 0 Å². The Labute approximate surface area is 176 Å². The summed E-state index contributed by atoms with van der Waals surface area (Å²) in [6.45, 7) is 3.93. The molecule has 3 rings (SSSR count). The zero-order valence-electron chi connectivity index (χ0n) is 17.4. The van der Waals surface area contributed by atoms with E-state index in [0.29, 0.717) is 17.7 Å². The molecule has 0 radical (unpaired) electrons. The molecule has 0 unspecified atom stereocenters. The number of hydrogen-bond donors (Lipinski definition) is 1. The number of amides is 1. The van der Waals surface area contributed by atoms with E-state index in [9.17, 15) is 9.59 Å². The van der Waals surface area contributed by atoms with Crippen LogP contribution in [-0.2, 0) is 11.2 Å². The minimum atomic E-state index is -0.321. The van der Waals surface area contributed by atoms with Gasteiger partial charge in [0, 0.05) is 17.7 Å². The summed E-state index contributed by atoms with van der Waals surface area (Å²) in [6, 6.07) is 20.0. The molecule has 1 N–H and O–H groups in total. The number of hydrogen-bond acceptors (Lipinski definition) is 4. The van der Waals surface area contributed by atoms with E-state index in [-0.39, 0.29) is 18.3 Å². The predicted octanol–water partition coefficient (Wildman–Crippen LogP) is 5.10. The summed E-state index contributed by atoms with van der Waals surface area (Å²) in [5, 5.41) is 2.92. The number of aryl methyl sites for hydroxylation is 3. The van der Waals surface area contributed by atoms with Gasteiger partial charge in [0.1, 0.15) is 11.5 Å². The molecule has 0 aliphatic carbocycles. The van der Waals surface area contributed by atoms with Crippen LogP contribution in [0.15, 0.2) is 66.7 Å². The van der Waals surface area contributed by atoms with Crippen LogP contribution in [0.5, 0.6) is 11.5 Å². The van der Waals surface area contributed by atoms with Crippen molar-refractivity contribution >= 4 is 17.6 Å². The summed E-state index contributed by atoms with van der Waals surface area (Å²) < 4.78 is 10.5. The quantitative estimate of drug-likeness (QED) is 0.440. The molecule has 1 amide bonds. The van der Waals surface area contributed by atoms with Crippen molar-refractivity contribution in [2.45, 2.75) is 26.7 Å². The second-order valence-corrected chi connectivity index (χ2v) is 7.12. The van der Waals surface area contributed by atoms with Crippen molar-refractivity contribution in [3.05, 3.63) is 89.0 Å². The maximum Gasteiger partial charge on any atom is 0.311 e. The molecule has 0 aliphatic heterocycles. The molecular formula is C25H25NO4. The molecule has 3 aromatic carbocycles. The van der Waals surface area contributed by atoms with Gasteiger partial charge in [0.05, 0.1) is 7.11 Å². The van der Waals surface area contributed by atoms with Crippen molar-refractivity contribution in [3.63, 3.8) is 0 Å². The number of methoxy groups -OCH3 is 1. The number of carbonyl (C=O) groups excluding carboxylic acids is 2. The summed E-state index contributed by atoms with van der Waals surface area (Å²) >= 11 is 0. The van der Waals surface area contributed by atoms with Gasteiger partial charge in [-0.25, -0.2) is 0 Å². The summed E-state index contributed by atoms with van der Waals surface area (Å²) in [6.07, 6.45) is 0.848. The first-order chi connectivity index (χ1) is 14.4. The molecule has 0 saturated carbocycles. The highest BCUT2D eigenvalue weighted by Gasteiger charge is 2.10. The molecule has 0 heterocycles.